The zero-order valence-electron chi connectivity index (χ0n) is 15.9. The number of nitrogens with one attached hydrogen (secondary N) is 1. The molecule has 0 spiro atoms. The molecule has 3 rings (SSSR count). The number of hydrogen-bond acceptors (Lipinski definition) is 3. The Balaban J connectivity index is 1.66. The minimum Gasteiger partial charge on any atom is -0.325 e. The lowest BCUT2D eigenvalue weighted by Crippen LogP contribution is -2.52. The van der Waals surface area contributed by atoms with Gasteiger partial charge >= 0.3 is 6.03 Å². The molecule has 1 fully saturated rings. The van der Waals surface area contributed by atoms with Crippen LogP contribution in [0.2, 0.25) is 0 Å². The highest BCUT2D eigenvalue weighted by molar-refractivity contribution is 5.79. The molecular formula is C20H28N4O2. The van der Waals surface area contributed by atoms with Gasteiger partial charge in [-0.25, -0.2) is 4.79 Å². The van der Waals surface area contributed by atoms with Gasteiger partial charge in [-0.2, -0.15) is 0 Å². The van der Waals surface area contributed by atoms with Crippen molar-refractivity contribution in [2.75, 3.05) is 39.3 Å². The molecular weight excluding hydrogens is 328 g/mol. The summed E-state index contributed by atoms with van der Waals surface area (Å²) >= 11 is 0. The van der Waals surface area contributed by atoms with Gasteiger partial charge in [0, 0.05) is 56.9 Å². The summed E-state index contributed by atoms with van der Waals surface area (Å²) in [4.78, 5) is 33.8. The Labute approximate surface area is 154 Å². The monoisotopic (exact) mass is 356 g/mol. The molecule has 0 radical (unpaired) electrons. The quantitative estimate of drug-likeness (QED) is 0.915. The van der Waals surface area contributed by atoms with Crippen LogP contribution in [0.4, 0.5) is 4.79 Å². The molecule has 1 aromatic carbocycles. The fourth-order valence-corrected chi connectivity index (χ4v) is 3.52. The number of rotatable bonds is 4. The zero-order valence-corrected chi connectivity index (χ0v) is 15.9. The number of carbonyl (C=O) groups excluding carboxylic acids is 1. The molecule has 140 valence electrons. The van der Waals surface area contributed by atoms with Gasteiger partial charge in [-0.1, -0.05) is 11.6 Å². The fraction of sp³-hybridized carbons (Fsp3) is 0.500. The maximum absolute atomic E-state index is 12.4. The Hall–Kier alpha value is -2.34. The normalized spacial score (nSPS) is 15.4. The molecule has 1 saturated heterocycles. The third-order valence-corrected chi connectivity index (χ3v) is 5.15. The van der Waals surface area contributed by atoms with E-state index in [0.717, 1.165) is 42.6 Å². The second kappa shape index (κ2) is 7.91. The molecule has 0 unspecified atom stereocenters. The van der Waals surface area contributed by atoms with E-state index in [1.807, 2.05) is 41.8 Å². The molecule has 0 aliphatic carbocycles. The van der Waals surface area contributed by atoms with Gasteiger partial charge in [0.05, 0.1) is 0 Å². The van der Waals surface area contributed by atoms with E-state index in [1.165, 1.54) is 5.56 Å². The standard InChI is InChI=1S/C20H28N4O2/c1-4-23(5-2)20(26)24-10-8-22(9-11-24)14-17-13-16-12-15(3)6-7-18(16)21-19(17)25/h6-7,12-13H,4-5,8-11,14H2,1-3H3,(H,21,25). The van der Waals surface area contributed by atoms with Gasteiger partial charge in [0.1, 0.15) is 0 Å². The van der Waals surface area contributed by atoms with Crippen LogP contribution in [0.3, 0.4) is 0 Å². The van der Waals surface area contributed by atoms with Crippen LogP contribution < -0.4 is 5.56 Å². The molecule has 1 N–H and O–H groups in total. The van der Waals surface area contributed by atoms with E-state index in [4.69, 9.17) is 0 Å². The molecule has 2 heterocycles. The second-order valence-corrected chi connectivity index (χ2v) is 6.93. The first-order valence-corrected chi connectivity index (χ1v) is 9.40. The summed E-state index contributed by atoms with van der Waals surface area (Å²) < 4.78 is 0. The summed E-state index contributed by atoms with van der Waals surface area (Å²) in [5.41, 5.74) is 2.81. The van der Waals surface area contributed by atoms with Crippen molar-refractivity contribution in [3.63, 3.8) is 0 Å². The van der Waals surface area contributed by atoms with Crippen molar-refractivity contribution in [2.24, 2.45) is 0 Å². The average Bonchev–Trinajstić information content (AvgIpc) is 2.64. The van der Waals surface area contributed by atoms with Crippen LogP contribution in [0.1, 0.15) is 25.0 Å². The highest BCUT2D eigenvalue weighted by Crippen LogP contribution is 2.15. The molecule has 0 saturated carbocycles. The number of aryl methyl sites for hydroxylation is 1. The van der Waals surface area contributed by atoms with E-state index in [1.54, 1.807) is 0 Å². The maximum atomic E-state index is 12.4. The van der Waals surface area contributed by atoms with E-state index in [0.29, 0.717) is 19.6 Å². The van der Waals surface area contributed by atoms with Gasteiger partial charge < -0.3 is 14.8 Å². The highest BCUT2D eigenvalue weighted by atomic mass is 16.2. The van der Waals surface area contributed by atoms with Crippen LogP contribution in [0, 0.1) is 6.92 Å². The lowest BCUT2D eigenvalue weighted by molar-refractivity contribution is 0.112. The molecule has 0 bridgehead atoms. The van der Waals surface area contributed by atoms with Crippen LogP contribution >= 0.6 is 0 Å². The average molecular weight is 356 g/mol. The first-order chi connectivity index (χ1) is 12.5. The van der Waals surface area contributed by atoms with Crippen molar-refractivity contribution in [1.29, 1.82) is 0 Å². The molecule has 1 aliphatic rings. The number of nitrogens with zero attached hydrogens (tertiary/aromatic N) is 3. The van der Waals surface area contributed by atoms with Crippen LogP contribution in [-0.2, 0) is 6.54 Å². The number of amides is 2. The minimum absolute atomic E-state index is 0.0250. The Kier molecular flexibility index (Phi) is 5.61. The number of aromatic amines is 1. The van der Waals surface area contributed by atoms with Gasteiger partial charge in [-0.05, 0) is 44.4 Å². The van der Waals surface area contributed by atoms with Gasteiger partial charge in [0.15, 0.2) is 0 Å². The number of benzene rings is 1. The third-order valence-electron chi connectivity index (χ3n) is 5.15. The van der Waals surface area contributed by atoms with Crippen molar-refractivity contribution in [1.82, 2.24) is 19.7 Å². The summed E-state index contributed by atoms with van der Waals surface area (Å²) in [7, 11) is 0. The Morgan fingerprint density at radius 1 is 1.12 bits per heavy atom. The lowest BCUT2D eigenvalue weighted by Gasteiger charge is -2.37. The number of aromatic nitrogens is 1. The molecule has 2 amide bonds. The zero-order chi connectivity index (χ0) is 18.7. The summed E-state index contributed by atoms with van der Waals surface area (Å²) in [5.74, 6) is 0. The molecule has 1 aromatic heterocycles. The number of urea groups is 1. The highest BCUT2D eigenvalue weighted by Gasteiger charge is 2.24. The molecule has 6 heteroatoms. The topological polar surface area (TPSA) is 59.7 Å². The minimum atomic E-state index is -0.0250. The summed E-state index contributed by atoms with van der Waals surface area (Å²) in [5, 5.41) is 1.06. The molecule has 1 aliphatic heterocycles. The summed E-state index contributed by atoms with van der Waals surface area (Å²) in [6, 6.07) is 8.16. The first kappa shape index (κ1) is 18.5. The smallest absolute Gasteiger partial charge is 0.320 e. The molecule has 26 heavy (non-hydrogen) atoms. The Bertz CT molecular complexity index is 833. The predicted octanol–water partition coefficient (Wildman–Crippen LogP) is 2.42. The van der Waals surface area contributed by atoms with Crippen LogP contribution in [0.25, 0.3) is 10.9 Å². The molecule has 2 aromatic rings. The summed E-state index contributed by atoms with van der Waals surface area (Å²) in [6.07, 6.45) is 0. The van der Waals surface area contributed by atoms with E-state index in [9.17, 15) is 9.59 Å². The van der Waals surface area contributed by atoms with E-state index < -0.39 is 0 Å². The number of fused-ring (bicyclic) bond motifs is 1. The van der Waals surface area contributed by atoms with Crippen molar-refractivity contribution in [3.8, 4) is 0 Å². The predicted molar refractivity (Wildman–Crippen MR) is 104 cm³/mol. The van der Waals surface area contributed by atoms with Gasteiger partial charge in [0.2, 0.25) is 0 Å². The van der Waals surface area contributed by atoms with Crippen molar-refractivity contribution in [3.05, 3.63) is 45.7 Å². The van der Waals surface area contributed by atoms with Crippen molar-refractivity contribution in [2.45, 2.75) is 27.3 Å². The fourth-order valence-electron chi connectivity index (χ4n) is 3.52. The number of carbonyl (C=O) groups is 1. The number of H-pyrrole nitrogens is 1. The van der Waals surface area contributed by atoms with Crippen LogP contribution in [0.15, 0.2) is 29.1 Å². The second-order valence-electron chi connectivity index (χ2n) is 6.93. The number of pyridine rings is 1. The first-order valence-electron chi connectivity index (χ1n) is 9.40. The van der Waals surface area contributed by atoms with E-state index in [-0.39, 0.29) is 11.6 Å². The number of hydrogen-bond donors (Lipinski definition) is 1. The largest absolute Gasteiger partial charge is 0.325 e. The van der Waals surface area contributed by atoms with Crippen LogP contribution in [-0.4, -0.2) is 65.0 Å². The van der Waals surface area contributed by atoms with Crippen molar-refractivity contribution >= 4 is 16.9 Å². The van der Waals surface area contributed by atoms with Crippen molar-refractivity contribution < 1.29 is 4.79 Å². The van der Waals surface area contributed by atoms with E-state index in [2.05, 4.69) is 22.9 Å². The van der Waals surface area contributed by atoms with Gasteiger partial charge in [-0.3, -0.25) is 9.69 Å². The molecule has 6 nitrogen and oxygen atoms in total. The van der Waals surface area contributed by atoms with Gasteiger partial charge in [0.25, 0.3) is 5.56 Å². The Morgan fingerprint density at radius 2 is 1.81 bits per heavy atom. The third kappa shape index (κ3) is 3.90. The Morgan fingerprint density at radius 3 is 2.46 bits per heavy atom. The summed E-state index contributed by atoms with van der Waals surface area (Å²) in [6.45, 7) is 11.2. The van der Waals surface area contributed by atoms with E-state index >= 15 is 0 Å². The SMILES string of the molecule is CCN(CC)C(=O)N1CCN(Cc2cc3cc(C)ccc3[nH]c2=O)CC1. The maximum Gasteiger partial charge on any atom is 0.320 e. The van der Waals surface area contributed by atoms with Gasteiger partial charge in [-0.15, -0.1) is 0 Å². The molecule has 0 atom stereocenters. The number of piperazine rings is 1. The van der Waals surface area contributed by atoms with Crippen LogP contribution in [0.5, 0.6) is 0 Å². The lowest BCUT2D eigenvalue weighted by atomic mass is 10.1.